The first-order chi connectivity index (χ1) is 15.0. The van der Waals surface area contributed by atoms with Gasteiger partial charge in [-0.3, -0.25) is 19.4 Å². The van der Waals surface area contributed by atoms with E-state index in [-0.39, 0.29) is 11.1 Å². The molecular formula is C23H27N3O5. The lowest BCUT2D eigenvalue weighted by molar-refractivity contribution is 0.0646. The number of nitrogens with zero attached hydrogens (tertiary/aromatic N) is 3. The maximum atomic E-state index is 12.5. The molecule has 2 aliphatic rings. The number of hydrogen-bond donors (Lipinski definition) is 2. The van der Waals surface area contributed by atoms with E-state index in [1.807, 2.05) is 25.1 Å². The lowest BCUT2D eigenvalue weighted by Gasteiger charge is -2.36. The fourth-order valence-electron chi connectivity index (χ4n) is 4.18. The van der Waals surface area contributed by atoms with Crippen molar-refractivity contribution >= 4 is 17.5 Å². The number of ether oxygens (including phenoxy) is 1. The number of carbonyl (C=O) groups is 2. The normalized spacial score (nSPS) is 16.7. The molecule has 2 aromatic rings. The maximum absolute atomic E-state index is 12.5. The number of benzene rings is 2. The van der Waals surface area contributed by atoms with Crippen LogP contribution in [-0.2, 0) is 0 Å². The molecule has 4 rings (SSSR count). The Balaban J connectivity index is 1.28. The summed E-state index contributed by atoms with van der Waals surface area (Å²) in [6.45, 7) is 7.26. The van der Waals surface area contributed by atoms with Gasteiger partial charge in [-0.2, -0.15) is 0 Å². The summed E-state index contributed by atoms with van der Waals surface area (Å²) in [5, 5.41) is 19.2. The zero-order valence-electron chi connectivity index (χ0n) is 17.6. The van der Waals surface area contributed by atoms with Crippen molar-refractivity contribution in [1.82, 2.24) is 9.80 Å². The number of piperazine rings is 1. The number of para-hydroxylation sites is 2. The Hall–Kier alpha value is -3.26. The number of imide groups is 1. The topological polar surface area (TPSA) is 93.6 Å². The number of anilines is 1. The van der Waals surface area contributed by atoms with Gasteiger partial charge in [-0.25, -0.2) is 0 Å². The van der Waals surface area contributed by atoms with Crippen LogP contribution in [0.25, 0.3) is 0 Å². The van der Waals surface area contributed by atoms with Crippen LogP contribution in [0.2, 0.25) is 0 Å². The van der Waals surface area contributed by atoms with Gasteiger partial charge < -0.3 is 19.8 Å². The van der Waals surface area contributed by atoms with Gasteiger partial charge >= 0.3 is 0 Å². The molecule has 0 aromatic heterocycles. The van der Waals surface area contributed by atoms with Crippen molar-refractivity contribution in [3.63, 3.8) is 0 Å². The van der Waals surface area contributed by atoms with Crippen molar-refractivity contribution in [2.24, 2.45) is 0 Å². The van der Waals surface area contributed by atoms with Crippen molar-refractivity contribution in [3.05, 3.63) is 47.5 Å². The molecule has 0 aliphatic carbocycles. The van der Waals surface area contributed by atoms with Crippen LogP contribution in [0.3, 0.4) is 0 Å². The number of phenolic OH excluding ortho intramolecular Hbond substituents is 2. The van der Waals surface area contributed by atoms with Crippen molar-refractivity contribution in [3.8, 4) is 17.2 Å². The van der Waals surface area contributed by atoms with Gasteiger partial charge in [0.1, 0.15) is 5.75 Å². The molecule has 2 aromatic carbocycles. The minimum atomic E-state index is -0.423. The predicted molar refractivity (Wildman–Crippen MR) is 116 cm³/mol. The number of phenols is 2. The lowest BCUT2D eigenvalue weighted by atomic mass is 10.1. The van der Waals surface area contributed by atoms with Crippen LogP contribution in [0.5, 0.6) is 17.2 Å². The third-order valence-corrected chi connectivity index (χ3v) is 5.80. The summed E-state index contributed by atoms with van der Waals surface area (Å²) in [5.41, 5.74) is 1.39. The molecule has 0 bridgehead atoms. The first kappa shape index (κ1) is 21.0. The van der Waals surface area contributed by atoms with Crippen molar-refractivity contribution in [2.75, 3.05) is 50.8 Å². The van der Waals surface area contributed by atoms with E-state index in [9.17, 15) is 19.8 Å². The van der Waals surface area contributed by atoms with Gasteiger partial charge in [0.25, 0.3) is 11.8 Å². The zero-order valence-corrected chi connectivity index (χ0v) is 17.6. The van der Waals surface area contributed by atoms with E-state index in [1.54, 1.807) is 0 Å². The molecular weight excluding hydrogens is 398 g/mol. The van der Waals surface area contributed by atoms with Crippen molar-refractivity contribution in [2.45, 2.75) is 13.3 Å². The second kappa shape index (κ2) is 8.85. The molecule has 0 spiro atoms. The predicted octanol–water partition coefficient (Wildman–Crippen LogP) is 2.30. The summed E-state index contributed by atoms with van der Waals surface area (Å²) in [5.74, 6) is -0.738. The summed E-state index contributed by atoms with van der Waals surface area (Å²) < 4.78 is 5.74. The minimum Gasteiger partial charge on any atom is -0.504 e. The number of fused-ring (bicyclic) bond motifs is 1. The third-order valence-electron chi connectivity index (χ3n) is 5.80. The average Bonchev–Trinajstić information content (AvgIpc) is 2.99. The summed E-state index contributed by atoms with van der Waals surface area (Å²) >= 11 is 0. The molecule has 0 radical (unpaired) electrons. The van der Waals surface area contributed by atoms with E-state index in [1.165, 1.54) is 4.90 Å². The second-order valence-electron chi connectivity index (χ2n) is 7.73. The van der Waals surface area contributed by atoms with Crippen LogP contribution >= 0.6 is 0 Å². The number of amides is 2. The van der Waals surface area contributed by atoms with Gasteiger partial charge in [-0.15, -0.1) is 0 Å². The molecule has 2 aliphatic heterocycles. The van der Waals surface area contributed by atoms with Gasteiger partial charge in [-0.05, 0) is 44.2 Å². The van der Waals surface area contributed by atoms with Crippen LogP contribution < -0.4 is 9.64 Å². The molecule has 2 amide bonds. The number of hydrogen-bond acceptors (Lipinski definition) is 7. The van der Waals surface area contributed by atoms with Crippen LogP contribution in [0, 0.1) is 0 Å². The number of aromatic hydroxyl groups is 2. The highest BCUT2D eigenvalue weighted by atomic mass is 16.5. The summed E-state index contributed by atoms with van der Waals surface area (Å²) in [7, 11) is 0. The van der Waals surface area contributed by atoms with Crippen LogP contribution in [0.4, 0.5) is 5.69 Å². The molecule has 2 N–H and O–H groups in total. The van der Waals surface area contributed by atoms with E-state index in [0.717, 1.165) is 56.3 Å². The molecule has 31 heavy (non-hydrogen) atoms. The van der Waals surface area contributed by atoms with E-state index in [0.29, 0.717) is 19.6 Å². The van der Waals surface area contributed by atoms with E-state index in [2.05, 4.69) is 15.9 Å². The van der Waals surface area contributed by atoms with E-state index < -0.39 is 23.3 Å². The van der Waals surface area contributed by atoms with Crippen LogP contribution in [-0.4, -0.2) is 77.7 Å². The summed E-state index contributed by atoms with van der Waals surface area (Å²) in [6, 6.07) is 10.4. The van der Waals surface area contributed by atoms with Crippen molar-refractivity contribution < 1.29 is 24.5 Å². The molecule has 0 atom stereocenters. The van der Waals surface area contributed by atoms with E-state index in [4.69, 9.17) is 4.74 Å². The van der Waals surface area contributed by atoms with Gasteiger partial charge in [0.2, 0.25) is 0 Å². The standard InChI is InChI=1S/C23H27N3O5/c1-2-31-21-7-4-3-6-18(21)25-12-10-24(11-13-25)8-5-9-26-22(29)16-14-19(27)20(28)15-17(16)23(26)30/h3-4,6-7,14-15,27-28H,2,5,8-13H2,1H3. The highest BCUT2D eigenvalue weighted by molar-refractivity contribution is 6.21. The fourth-order valence-corrected chi connectivity index (χ4v) is 4.18. The number of carbonyl (C=O) groups excluding carboxylic acids is 2. The Kier molecular flexibility index (Phi) is 5.99. The monoisotopic (exact) mass is 425 g/mol. The largest absolute Gasteiger partial charge is 0.504 e. The van der Waals surface area contributed by atoms with Gasteiger partial charge in [0.15, 0.2) is 11.5 Å². The summed E-state index contributed by atoms with van der Waals surface area (Å²) in [4.78, 5) is 30.9. The quantitative estimate of drug-likeness (QED) is 0.519. The Morgan fingerprint density at radius 1 is 0.903 bits per heavy atom. The molecule has 8 heteroatoms. The molecule has 1 saturated heterocycles. The first-order valence-corrected chi connectivity index (χ1v) is 10.6. The fraction of sp³-hybridized carbons (Fsp3) is 0.391. The molecule has 1 fully saturated rings. The molecule has 2 heterocycles. The molecule has 8 nitrogen and oxygen atoms in total. The highest BCUT2D eigenvalue weighted by Gasteiger charge is 2.36. The van der Waals surface area contributed by atoms with Gasteiger partial charge in [0.05, 0.1) is 23.4 Å². The third kappa shape index (κ3) is 4.16. The van der Waals surface area contributed by atoms with Crippen LogP contribution in [0.15, 0.2) is 36.4 Å². The second-order valence-corrected chi connectivity index (χ2v) is 7.73. The first-order valence-electron chi connectivity index (χ1n) is 10.6. The zero-order chi connectivity index (χ0) is 22.0. The molecule has 164 valence electrons. The van der Waals surface area contributed by atoms with Crippen molar-refractivity contribution in [1.29, 1.82) is 0 Å². The minimum absolute atomic E-state index is 0.141. The molecule has 0 saturated carbocycles. The Morgan fingerprint density at radius 2 is 1.52 bits per heavy atom. The highest BCUT2D eigenvalue weighted by Crippen LogP contribution is 2.33. The molecule has 0 unspecified atom stereocenters. The Morgan fingerprint density at radius 3 is 2.13 bits per heavy atom. The Labute approximate surface area is 181 Å². The Bertz CT molecular complexity index is 944. The summed E-state index contributed by atoms with van der Waals surface area (Å²) in [6.07, 6.45) is 0.666. The number of rotatable bonds is 7. The van der Waals surface area contributed by atoms with Gasteiger partial charge in [0, 0.05) is 32.7 Å². The van der Waals surface area contributed by atoms with E-state index >= 15 is 0 Å². The van der Waals surface area contributed by atoms with Gasteiger partial charge in [-0.1, -0.05) is 12.1 Å². The smallest absolute Gasteiger partial charge is 0.261 e. The van der Waals surface area contributed by atoms with Crippen LogP contribution in [0.1, 0.15) is 34.1 Å². The SMILES string of the molecule is CCOc1ccccc1N1CCN(CCCN2C(=O)c3cc(O)c(O)cc3C2=O)CC1. The lowest BCUT2D eigenvalue weighted by Crippen LogP contribution is -2.47. The maximum Gasteiger partial charge on any atom is 0.261 e. The average molecular weight is 425 g/mol.